The van der Waals surface area contributed by atoms with Crippen LogP contribution >= 0.6 is 0 Å². The van der Waals surface area contributed by atoms with Crippen LogP contribution in [0.5, 0.6) is 0 Å². The second-order valence-corrected chi connectivity index (χ2v) is 5.65. The first kappa shape index (κ1) is 15.9. The van der Waals surface area contributed by atoms with Crippen molar-refractivity contribution in [3.63, 3.8) is 0 Å². The average molecular weight is 323 g/mol. The van der Waals surface area contributed by atoms with Gasteiger partial charge in [0.2, 0.25) is 5.91 Å². The van der Waals surface area contributed by atoms with Crippen LogP contribution in [-0.2, 0) is 11.2 Å². The van der Waals surface area contributed by atoms with Crippen LogP contribution in [0, 0.1) is 19.7 Å². The number of nitrogens with zero attached hydrogens (tertiary/aromatic N) is 2. The van der Waals surface area contributed by atoms with Crippen LogP contribution in [0.1, 0.15) is 16.8 Å². The van der Waals surface area contributed by atoms with Crippen LogP contribution in [0.4, 0.5) is 10.1 Å². The van der Waals surface area contributed by atoms with Crippen molar-refractivity contribution in [2.24, 2.45) is 0 Å². The molecule has 0 bridgehead atoms. The molecule has 5 heteroatoms. The molecular formula is C19H18FN3O. The van der Waals surface area contributed by atoms with Gasteiger partial charge in [0.05, 0.1) is 29.7 Å². The summed E-state index contributed by atoms with van der Waals surface area (Å²) in [6.07, 6.45) is 1.60. The lowest BCUT2D eigenvalue weighted by Crippen LogP contribution is -2.16. The van der Waals surface area contributed by atoms with Gasteiger partial charge in [0.15, 0.2) is 0 Å². The molecule has 0 radical (unpaired) electrons. The summed E-state index contributed by atoms with van der Waals surface area (Å²) in [6.45, 7) is 3.67. The zero-order valence-corrected chi connectivity index (χ0v) is 13.6. The number of benzene rings is 2. The summed E-state index contributed by atoms with van der Waals surface area (Å²) in [5.74, 6) is -0.624. The molecule has 1 N–H and O–H groups in total. The van der Waals surface area contributed by atoms with E-state index in [1.54, 1.807) is 29.9 Å². The van der Waals surface area contributed by atoms with Crippen LogP contribution < -0.4 is 5.32 Å². The summed E-state index contributed by atoms with van der Waals surface area (Å²) in [5.41, 5.74) is 3.54. The van der Waals surface area contributed by atoms with E-state index in [4.69, 9.17) is 0 Å². The number of carbonyl (C=O) groups excluding carboxylic acids is 1. The lowest BCUT2D eigenvalue weighted by molar-refractivity contribution is -0.115. The van der Waals surface area contributed by atoms with E-state index >= 15 is 0 Å². The summed E-state index contributed by atoms with van der Waals surface area (Å²) in [7, 11) is 0. The van der Waals surface area contributed by atoms with Gasteiger partial charge < -0.3 is 5.32 Å². The Morgan fingerprint density at radius 3 is 2.58 bits per heavy atom. The first-order valence-corrected chi connectivity index (χ1v) is 7.70. The maximum Gasteiger partial charge on any atom is 0.229 e. The fourth-order valence-corrected chi connectivity index (χ4v) is 2.61. The van der Waals surface area contributed by atoms with Gasteiger partial charge in [0.25, 0.3) is 0 Å². The molecule has 0 spiro atoms. The first-order valence-electron chi connectivity index (χ1n) is 7.70. The first-order chi connectivity index (χ1) is 11.6. The van der Waals surface area contributed by atoms with E-state index in [2.05, 4.69) is 10.4 Å². The molecule has 0 saturated heterocycles. The average Bonchev–Trinajstić information content (AvgIpc) is 2.93. The van der Waals surface area contributed by atoms with Crippen LogP contribution in [-0.4, -0.2) is 15.7 Å². The van der Waals surface area contributed by atoms with E-state index in [0.717, 1.165) is 16.9 Å². The number of aromatic nitrogens is 2. The number of nitrogens with one attached hydrogen (secondary N) is 1. The summed E-state index contributed by atoms with van der Waals surface area (Å²) in [6, 6.07) is 14.5. The molecule has 0 unspecified atom stereocenters. The fraction of sp³-hybridized carbons (Fsp3) is 0.158. The highest BCUT2D eigenvalue weighted by Crippen LogP contribution is 2.19. The molecule has 0 fully saturated rings. The second kappa shape index (κ2) is 6.66. The Morgan fingerprint density at radius 1 is 1.12 bits per heavy atom. The van der Waals surface area contributed by atoms with Gasteiger partial charge in [-0.2, -0.15) is 5.10 Å². The van der Waals surface area contributed by atoms with Gasteiger partial charge in [-0.3, -0.25) is 4.79 Å². The van der Waals surface area contributed by atoms with Gasteiger partial charge in [-0.1, -0.05) is 30.3 Å². The van der Waals surface area contributed by atoms with E-state index in [-0.39, 0.29) is 18.1 Å². The molecule has 0 saturated carbocycles. The molecule has 0 aliphatic carbocycles. The van der Waals surface area contributed by atoms with Crippen molar-refractivity contribution < 1.29 is 9.18 Å². The lowest BCUT2D eigenvalue weighted by atomic mass is 10.0. The molecule has 122 valence electrons. The number of aryl methyl sites for hydroxylation is 1. The van der Waals surface area contributed by atoms with Gasteiger partial charge in [0, 0.05) is 5.56 Å². The molecule has 0 aliphatic rings. The van der Waals surface area contributed by atoms with Gasteiger partial charge in [-0.25, -0.2) is 9.07 Å². The van der Waals surface area contributed by atoms with Crippen LogP contribution in [0.3, 0.4) is 0 Å². The Bertz CT molecular complexity index is 851. The predicted octanol–water partition coefficient (Wildman–Crippen LogP) is 3.81. The summed E-state index contributed by atoms with van der Waals surface area (Å²) in [4.78, 5) is 12.3. The Morgan fingerprint density at radius 2 is 1.88 bits per heavy atom. The van der Waals surface area contributed by atoms with Crippen molar-refractivity contribution in [1.82, 2.24) is 9.78 Å². The van der Waals surface area contributed by atoms with Gasteiger partial charge in [0.1, 0.15) is 5.82 Å². The monoisotopic (exact) mass is 323 g/mol. The zero-order chi connectivity index (χ0) is 17.1. The number of hydrogen-bond acceptors (Lipinski definition) is 2. The molecule has 3 aromatic rings. The highest BCUT2D eigenvalue weighted by molar-refractivity contribution is 5.92. The predicted molar refractivity (Wildman–Crippen MR) is 91.8 cm³/mol. The maximum atomic E-state index is 13.9. The minimum atomic E-state index is -0.359. The molecule has 1 heterocycles. The molecule has 0 atom stereocenters. The topological polar surface area (TPSA) is 46.9 Å². The highest BCUT2D eigenvalue weighted by atomic mass is 19.1. The van der Waals surface area contributed by atoms with E-state index in [9.17, 15) is 9.18 Å². The van der Waals surface area contributed by atoms with Gasteiger partial charge in [-0.15, -0.1) is 0 Å². The van der Waals surface area contributed by atoms with E-state index in [1.165, 1.54) is 6.07 Å². The van der Waals surface area contributed by atoms with Crippen molar-refractivity contribution >= 4 is 11.6 Å². The standard InChI is InChI=1S/C19H18FN3O/c1-13-7-6-10-17(20)16(13)11-19(24)22-18-12-21-23(14(18)2)15-8-4-3-5-9-15/h3-10,12H,11H2,1-2H3,(H,22,24). The van der Waals surface area contributed by atoms with Crippen LogP contribution in [0.25, 0.3) is 5.69 Å². The summed E-state index contributed by atoms with van der Waals surface area (Å²) in [5, 5.41) is 7.12. The van der Waals surface area contributed by atoms with Crippen molar-refractivity contribution in [1.29, 1.82) is 0 Å². The number of hydrogen-bond donors (Lipinski definition) is 1. The molecule has 24 heavy (non-hydrogen) atoms. The van der Waals surface area contributed by atoms with Crippen molar-refractivity contribution in [2.45, 2.75) is 20.3 Å². The molecule has 1 amide bonds. The number of rotatable bonds is 4. The highest BCUT2D eigenvalue weighted by Gasteiger charge is 2.14. The van der Waals surface area contributed by atoms with Gasteiger partial charge in [-0.05, 0) is 37.6 Å². The number of amides is 1. The zero-order valence-electron chi connectivity index (χ0n) is 13.6. The smallest absolute Gasteiger partial charge is 0.229 e. The largest absolute Gasteiger partial charge is 0.323 e. The van der Waals surface area contributed by atoms with Crippen molar-refractivity contribution in [3.8, 4) is 5.69 Å². The third kappa shape index (κ3) is 3.20. The van der Waals surface area contributed by atoms with Gasteiger partial charge >= 0.3 is 0 Å². The normalized spacial score (nSPS) is 10.6. The van der Waals surface area contributed by atoms with Crippen molar-refractivity contribution in [3.05, 3.63) is 77.4 Å². The Kier molecular flexibility index (Phi) is 4.42. The van der Waals surface area contributed by atoms with Crippen LogP contribution in [0.15, 0.2) is 54.7 Å². The summed E-state index contributed by atoms with van der Waals surface area (Å²) < 4.78 is 15.6. The SMILES string of the molecule is Cc1cccc(F)c1CC(=O)Nc1cnn(-c2ccccc2)c1C. The van der Waals surface area contributed by atoms with E-state index in [0.29, 0.717) is 11.3 Å². The van der Waals surface area contributed by atoms with E-state index < -0.39 is 0 Å². The number of para-hydroxylation sites is 1. The van der Waals surface area contributed by atoms with E-state index in [1.807, 2.05) is 37.3 Å². The Labute approximate surface area is 139 Å². The molecule has 3 rings (SSSR count). The number of carbonyl (C=O) groups is 1. The van der Waals surface area contributed by atoms with Crippen molar-refractivity contribution in [2.75, 3.05) is 5.32 Å². The fourth-order valence-electron chi connectivity index (χ4n) is 2.61. The number of halogens is 1. The van der Waals surface area contributed by atoms with Crippen LogP contribution in [0.2, 0.25) is 0 Å². The molecule has 2 aromatic carbocycles. The third-order valence-corrected chi connectivity index (χ3v) is 3.98. The lowest BCUT2D eigenvalue weighted by Gasteiger charge is -2.09. The maximum absolute atomic E-state index is 13.9. The minimum absolute atomic E-state index is 0.00549. The minimum Gasteiger partial charge on any atom is -0.323 e. The molecule has 4 nitrogen and oxygen atoms in total. The quantitative estimate of drug-likeness (QED) is 0.793. The summed E-state index contributed by atoms with van der Waals surface area (Å²) >= 11 is 0. The molecular weight excluding hydrogens is 305 g/mol. The Hall–Kier alpha value is -2.95. The molecule has 0 aliphatic heterocycles. The second-order valence-electron chi connectivity index (χ2n) is 5.65. The number of anilines is 1. The Balaban J connectivity index is 1.77. The third-order valence-electron chi connectivity index (χ3n) is 3.98. The molecule has 1 aromatic heterocycles.